The van der Waals surface area contributed by atoms with Crippen molar-refractivity contribution in [3.05, 3.63) is 77.3 Å². The van der Waals surface area contributed by atoms with Gasteiger partial charge in [-0.15, -0.1) is 10.2 Å². The van der Waals surface area contributed by atoms with Crippen molar-refractivity contribution in [3.63, 3.8) is 0 Å². The fourth-order valence-electron chi connectivity index (χ4n) is 3.49. The Balaban J connectivity index is 1.60. The molecule has 1 aromatic heterocycles. The molecule has 1 N–H and O–H groups in total. The van der Waals surface area contributed by atoms with Crippen LogP contribution in [0.1, 0.15) is 5.56 Å². The van der Waals surface area contributed by atoms with E-state index >= 15 is 0 Å². The molecule has 9 nitrogen and oxygen atoms in total. The number of amides is 1. The summed E-state index contributed by atoms with van der Waals surface area (Å²) < 4.78 is 18.3. The van der Waals surface area contributed by atoms with Crippen molar-refractivity contribution < 1.29 is 19.0 Å². The number of halogens is 1. The third-order valence-corrected chi connectivity index (χ3v) is 6.47. The van der Waals surface area contributed by atoms with E-state index in [0.29, 0.717) is 44.4 Å². The minimum atomic E-state index is -0.301. The highest BCUT2D eigenvalue weighted by atomic mass is 35.5. The molecule has 0 saturated carbocycles. The van der Waals surface area contributed by atoms with Gasteiger partial charge in [-0.1, -0.05) is 59.8 Å². The summed E-state index contributed by atoms with van der Waals surface area (Å²) in [7, 11) is 4.65. The summed E-state index contributed by atoms with van der Waals surface area (Å²) in [6.07, 6.45) is 1.50. The molecule has 37 heavy (non-hydrogen) atoms. The van der Waals surface area contributed by atoms with Crippen molar-refractivity contribution in [2.24, 2.45) is 5.10 Å². The van der Waals surface area contributed by atoms with Crippen molar-refractivity contribution in [3.8, 4) is 34.3 Å². The Morgan fingerprint density at radius 2 is 1.68 bits per heavy atom. The molecule has 0 atom stereocenters. The molecule has 0 fully saturated rings. The minimum absolute atomic E-state index is 0.0695. The summed E-state index contributed by atoms with van der Waals surface area (Å²) in [6, 6.07) is 20.4. The number of hydrazone groups is 1. The molecule has 0 unspecified atom stereocenters. The molecule has 0 aliphatic rings. The molecular formula is C26H24ClN5O4S. The van der Waals surface area contributed by atoms with E-state index in [0.717, 1.165) is 5.69 Å². The van der Waals surface area contributed by atoms with E-state index in [2.05, 4.69) is 20.7 Å². The average molecular weight is 538 g/mol. The van der Waals surface area contributed by atoms with Gasteiger partial charge in [-0.25, -0.2) is 5.43 Å². The largest absolute Gasteiger partial charge is 0.493 e. The number of carbonyl (C=O) groups excluding carboxylic acids is 1. The molecule has 0 saturated heterocycles. The number of hydrogen-bond acceptors (Lipinski definition) is 8. The van der Waals surface area contributed by atoms with Gasteiger partial charge in [-0.05, 0) is 30.3 Å². The van der Waals surface area contributed by atoms with Crippen LogP contribution in [-0.4, -0.2) is 54.0 Å². The van der Waals surface area contributed by atoms with Crippen LogP contribution in [-0.2, 0) is 4.79 Å². The van der Waals surface area contributed by atoms with Gasteiger partial charge in [0.05, 0.1) is 33.3 Å². The Hall–Kier alpha value is -4.02. The lowest BCUT2D eigenvalue weighted by molar-refractivity contribution is -0.118. The van der Waals surface area contributed by atoms with E-state index < -0.39 is 0 Å². The summed E-state index contributed by atoms with van der Waals surface area (Å²) >= 11 is 7.35. The summed E-state index contributed by atoms with van der Waals surface area (Å²) in [5.41, 5.74) is 4.75. The maximum atomic E-state index is 12.5. The molecule has 0 radical (unpaired) electrons. The molecule has 0 bridgehead atoms. The second kappa shape index (κ2) is 12.3. The molecule has 0 aliphatic heterocycles. The highest BCUT2D eigenvalue weighted by molar-refractivity contribution is 7.99. The maximum Gasteiger partial charge on any atom is 0.250 e. The van der Waals surface area contributed by atoms with E-state index in [1.807, 2.05) is 47.0 Å². The molecule has 11 heteroatoms. The van der Waals surface area contributed by atoms with Gasteiger partial charge < -0.3 is 14.2 Å². The molecule has 1 heterocycles. The first-order valence-electron chi connectivity index (χ1n) is 11.1. The van der Waals surface area contributed by atoms with Gasteiger partial charge in [-0.2, -0.15) is 5.10 Å². The molecule has 4 rings (SSSR count). The smallest absolute Gasteiger partial charge is 0.250 e. The van der Waals surface area contributed by atoms with Crippen LogP contribution in [0.3, 0.4) is 0 Å². The summed E-state index contributed by atoms with van der Waals surface area (Å²) in [6.45, 7) is 0. The van der Waals surface area contributed by atoms with Gasteiger partial charge in [0.2, 0.25) is 5.75 Å². The molecule has 0 aliphatic carbocycles. The Kier molecular flexibility index (Phi) is 8.65. The molecular weight excluding hydrogens is 514 g/mol. The van der Waals surface area contributed by atoms with Gasteiger partial charge in [-0.3, -0.25) is 9.36 Å². The van der Waals surface area contributed by atoms with Gasteiger partial charge >= 0.3 is 0 Å². The first-order chi connectivity index (χ1) is 18.0. The van der Waals surface area contributed by atoms with Crippen LogP contribution in [0.4, 0.5) is 0 Å². The second-order valence-electron chi connectivity index (χ2n) is 7.49. The van der Waals surface area contributed by atoms with E-state index in [4.69, 9.17) is 25.8 Å². The predicted molar refractivity (Wildman–Crippen MR) is 144 cm³/mol. The molecule has 190 valence electrons. The van der Waals surface area contributed by atoms with Gasteiger partial charge in [0.15, 0.2) is 22.5 Å². The molecule has 1 amide bonds. The number of rotatable bonds is 10. The zero-order valence-electron chi connectivity index (χ0n) is 20.3. The zero-order valence-corrected chi connectivity index (χ0v) is 21.9. The lowest BCUT2D eigenvalue weighted by atomic mass is 10.1. The second-order valence-corrected chi connectivity index (χ2v) is 8.84. The molecule has 0 spiro atoms. The van der Waals surface area contributed by atoms with Crippen LogP contribution < -0.4 is 19.6 Å². The fraction of sp³-hybridized carbons (Fsp3) is 0.154. The van der Waals surface area contributed by atoms with Crippen molar-refractivity contribution in [1.82, 2.24) is 20.2 Å². The number of nitrogens with zero attached hydrogens (tertiary/aromatic N) is 4. The van der Waals surface area contributed by atoms with Crippen LogP contribution >= 0.6 is 23.4 Å². The number of ether oxygens (including phenoxy) is 3. The monoisotopic (exact) mass is 537 g/mol. The normalized spacial score (nSPS) is 10.9. The van der Waals surface area contributed by atoms with Crippen molar-refractivity contribution in [2.45, 2.75) is 5.16 Å². The topological polar surface area (TPSA) is 99.9 Å². The number of thioether (sulfide) groups is 1. The SMILES string of the molecule is COc1cc(-c2nnc(SCC(=O)N/N=C\c3ccccc3Cl)n2-c2ccccc2)cc(OC)c1OC. The highest BCUT2D eigenvalue weighted by Crippen LogP contribution is 2.41. The number of benzene rings is 3. The third-order valence-electron chi connectivity index (χ3n) is 5.20. The van der Waals surface area contributed by atoms with Gasteiger partial charge in [0.1, 0.15) is 0 Å². The first kappa shape index (κ1) is 26.1. The Morgan fingerprint density at radius 3 is 2.32 bits per heavy atom. The van der Waals surface area contributed by atoms with Gasteiger partial charge in [0, 0.05) is 21.8 Å². The number of hydrogen-bond donors (Lipinski definition) is 1. The number of nitrogens with one attached hydrogen (secondary N) is 1. The third kappa shape index (κ3) is 6.04. The van der Waals surface area contributed by atoms with Crippen LogP contribution in [0.25, 0.3) is 17.1 Å². The Labute approximate surface area is 223 Å². The van der Waals surface area contributed by atoms with Crippen molar-refractivity contribution in [1.29, 1.82) is 0 Å². The number of aromatic nitrogens is 3. The van der Waals surface area contributed by atoms with Crippen LogP contribution in [0.5, 0.6) is 17.2 Å². The van der Waals surface area contributed by atoms with Crippen molar-refractivity contribution >= 4 is 35.5 Å². The van der Waals surface area contributed by atoms with Crippen LogP contribution in [0.2, 0.25) is 5.02 Å². The van der Waals surface area contributed by atoms with Crippen molar-refractivity contribution in [2.75, 3.05) is 27.1 Å². The fourth-order valence-corrected chi connectivity index (χ4v) is 4.42. The lowest BCUT2D eigenvalue weighted by Gasteiger charge is -2.15. The summed E-state index contributed by atoms with van der Waals surface area (Å²) in [5.74, 6) is 1.77. The summed E-state index contributed by atoms with van der Waals surface area (Å²) in [5, 5.41) is 13.9. The van der Waals surface area contributed by atoms with Crippen LogP contribution in [0.15, 0.2) is 77.0 Å². The predicted octanol–water partition coefficient (Wildman–Crippen LogP) is 4.86. The Bertz CT molecular complexity index is 1390. The quantitative estimate of drug-likeness (QED) is 0.175. The number of carbonyl (C=O) groups is 1. The van der Waals surface area contributed by atoms with E-state index in [-0.39, 0.29) is 11.7 Å². The minimum Gasteiger partial charge on any atom is -0.493 e. The number of methoxy groups -OCH3 is 3. The molecule has 3 aromatic carbocycles. The Morgan fingerprint density at radius 1 is 1.00 bits per heavy atom. The first-order valence-corrected chi connectivity index (χ1v) is 12.4. The zero-order chi connectivity index (χ0) is 26.2. The maximum absolute atomic E-state index is 12.5. The average Bonchev–Trinajstić information content (AvgIpc) is 3.36. The van der Waals surface area contributed by atoms with Crippen LogP contribution in [0, 0.1) is 0 Å². The van der Waals surface area contributed by atoms with E-state index in [1.54, 1.807) is 45.6 Å². The van der Waals surface area contributed by atoms with E-state index in [1.165, 1.54) is 18.0 Å². The summed E-state index contributed by atoms with van der Waals surface area (Å²) in [4.78, 5) is 12.5. The van der Waals surface area contributed by atoms with Gasteiger partial charge in [0.25, 0.3) is 5.91 Å². The lowest BCUT2D eigenvalue weighted by Crippen LogP contribution is -2.20. The standard InChI is InChI=1S/C26H24ClN5O4S/c1-34-21-13-18(14-22(35-2)24(21)36-3)25-30-31-26(32(25)19-10-5-4-6-11-19)37-16-23(33)29-28-15-17-9-7-8-12-20(17)27/h4-15H,16H2,1-3H3,(H,29,33)/b28-15-. The highest BCUT2D eigenvalue weighted by Gasteiger charge is 2.21. The van der Waals surface area contributed by atoms with E-state index in [9.17, 15) is 4.79 Å². The number of para-hydroxylation sites is 1. The molecule has 4 aromatic rings.